The smallest absolute Gasteiger partial charge is 0.351 e. The zero-order valence-electron chi connectivity index (χ0n) is 23.0. The number of anilines is 1. The second-order valence-electron chi connectivity index (χ2n) is 11.0. The predicted octanol–water partition coefficient (Wildman–Crippen LogP) is 6.92. The van der Waals surface area contributed by atoms with E-state index in [0.717, 1.165) is 48.4 Å². The number of hydrogen-bond donors (Lipinski definition) is 3. The number of rotatable bonds is 8. The third-order valence-corrected chi connectivity index (χ3v) is 8.28. The fraction of sp³-hybridized carbons (Fsp3) is 0.400. The second kappa shape index (κ2) is 11.6. The molecule has 0 radical (unpaired) electrons. The van der Waals surface area contributed by atoms with Crippen molar-refractivity contribution in [2.45, 2.75) is 64.7 Å². The van der Waals surface area contributed by atoms with Crippen molar-refractivity contribution in [2.24, 2.45) is 11.8 Å². The van der Waals surface area contributed by atoms with Gasteiger partial charge in [0.25, 0.3) is 0 Å². The van der Waals surface area contributed by atoms with E-state index in [4.69, 9.17) is 31.4 Å². The van der Waals surface area contributed by atoms with Crippen LogP contribution >= 0.6 is 11.6 Å². The van der Waals surface area contributed by atoms with E-state index in [9.17, 15) is 9.18 Å². The van der Waals surface area contributed by atoms with E-state index < -0.39 is 12.3 Å². The molecule has 214 valence electrons. The van der Waals surface area contributed by atoms with Gasteiger partial charge in [-0.3, -0.25) is 5.32 Å². The number of carbonyl (C=O) groups excluding carboxylic acids is 1. The van der Waals surface area contributed by atoms with E-state index in [-0.39, 0.29) is 11.9 Å². The highest BCUT2D eigenvalue weighted by molar-refractivity contribution is 6.30. The summed E-state index contributed by atoms with van der Waals surface area (Å²) in [6.45, 7) is 5.11. The molecule has 3 N–H and O–H groups in total. The molecule has 6 rings (SSSR count). The van der Waals surface area contributed by atoms with Crippen LogP contribution in [0.15, 0.2) is 48.5 Å². The first-order chi connectivity index (χ1) is 19.9. The Hall–Kier alpha value is -3.76. The van der Waals surface area contributed by atoms with Crippen molar-refractivity contribution in [2.75, 3.05) is 5.32 Å². The minimum Gasteiger partial charge on any atom is -0.351 e. The van der Waals surface area contributed by atoms with Crippen molar-refractivity contribution in [3.05, 3.63) is 70.8 Å². The first-order valence-corrected chi connectivity index (χ1v) is 14.5. The molecule has 0 spiro atoms. The topological polar surface area (TPSA) is 106 Å². The maximum Gasteiger partial charge on any atom is 0.427 e. The fourth-order valence-corrected chi connectivity index (χ4v) is 5.97. The quantitative estimate of drug-likeness (QED) is 0.209. The summed E-state index contributed by atoms with van der Waals surface area (Å²) in [6, 6.07) is 14.0. The van der Waals surface area contributed by atoms with Crippen LogP contribution in [0.3, 0.4) is 0 Å². The SMILES string of the molecule is CC[C@H](Nc1nc2nc(C3NOC(=O)N3)nc(-c3cccc(Cl)c3)c2n1CC1CCC(C)CC1)c1cccc(F)c1. The molecule has 2 aromatic heterocycles. The standard InChI is InChI=1S/C30H33ClFN7O2/c1-3-23(19-6-5-9-22(32)15-19)33-29-36-26-25(39(29)16-18-12-10-17(2)11-13-18)24(20-7-4-8-21(31)14-20)34-27(35-26)28-37-30(40)41-38-28/h4-9,14-15,17-18,23,28,38H,3,10-13,16H2,1-2H3,(H,37,40)(H,33,34,35,36)/t17?,18?,23-,28?/m0/s1. The van der Waals surface area contributed by atoms with Gasteiger partial charge in [0, 0.05) is 17.1 Å². The van der Waals surface area contributed by atoms with Gasteiger partial charge in [-0.05, 0) is 60.9 Å². The number of nitrogens with one attached hydrogen (secondary N) is 3. The van der Waals surface area contributed by atoms with Crippen LogP contribution in [-0.4, -0.2) is 25.6 Å². The molecule has 2 atom stereocenters. The summed E-state index contributed by atoms with van der Waals surface area (Å²) >= 11 is 6.42. The minimum atomic E-state index is -0.734. The van der Waals surface area contributed by atoms with Crippen LogP contribution < -0.4 is 16.1 Å². The number of imidazole rings is 1. The highest BCUT2D eigenvalue weighted by Gasteiger charge is 2.30. The molecule has 2 aliphatic rings. The monoisotopic (exact) mass is 577 g/mol. The lowest BCUT2D eigenvalue weighted by Crippen LogP contribution is -2.25. The van der Waals surface area contributed by atoms with Crippen LogP contribution in [0.1, 0.15) is 69.5 Å². The van der Waals surface area contributed by atoms with Gasteiger partial charge in [0.1, 0.15) is 17.0 Å². The fourth-order valence-electron chi connectivity index (χ4n) is 5.78. The number of benzene rings is 2. The lowest BCUT2D eigenvalue weighted by Gasteiger charge is -2.28. The number of aromatic nitrogens is 4. The number of hydroxylamine groups is 1. The van der Waals surface area contributed by atoms with Crippen molar-refractivity contribution in [3.63, 3.8) is 0 Å². The average Bonchev–Trinajstić information content (AvgIpc) is 3.55. The second-order valence-corrected chi connectivity index (χ2v) is 11.5. The van der Waals surface area contributed by atoms with E-state index in [0.29, 0.717) is 34.1 Å². The molecule has 1 aliphatic carbocycles. The van der Waals surface area contributed by atoms with Crippen molar-refractivity contribution in [3.8, 4) is 11.3 Å². The number of nitrogens with zero attached hydrogens (tertiary/aromatic N) is 4. The van der Waals surface area contributed by atoms with Gasteiger partial charge in [0.15, 0.2) is 17.6 Å². The normalized spacial score (nSPS) is 21.5. The van der Waals surface area contributed by atoms with E-state index in [2.05, 4.69) is 34.5 Å². The molecule has 1 saturated carbocycles. The van der Waals surface area contributed by atoms with Crippen LogP contribution in [0.5, 0.6) is 0 Å². The summed E-state index contributed by atoms with van der Waals surface area (Å²) in [5.74, 6) is 1.88. The van der Waals surface area contributed by atoms with Gasteiger partial charge in [-0.2, -0.15) is 4.98 Å². The summed E-state index contributed by atoms with van der Waals surface area (Å²) in [5.41, 5.74) is 6.19. The summed E-state index contributed by atoms with van der Waals surface area (Å²) in [6.07, 6.45) is 4.02. The average molecular weight is 578 g/mol. The van der Waals surface area contributed by atoms with Gasteiger partial charge in [0.2, 0.25) is 5.95 Å². The molecule has 1 unspecified atom stereocenters. The van der Waals surface area contributed by atoms with Crippen LogP contribution in [0.4, 0.5) is 15.1 Å². The number of fused-ring (bicyclic) bond motifs is 1. The molecule has 1 aliphatic heterocycles. The maximum atomic E-state index is 14.2. The molecule has 11 heteroatoms. The van der Waals surface area contributed by atoms with Crippen LogP contribution in [0.25, 0.3) is 22.4 Å². The maximum absolute atomic E-state index is 14.2. The predicted molar refractivity (Wildman–Crippen MR) is 155 cm³/mol. The number of halogens is 2. The lowest BCUT2D eigenvalue weighted by atomic mass is 9.83. The Morgan fingerprint density at radius 1 is 1.12 bits per heavy atom. The Kier molecular flexibility index (Phi) is 7.77. The highest BCUT2D eigenvalue weighted by atomic mass is 35.5. The lowest BCUT2D eigenvalue weighted by molar-refractivity contribution is 0.120. The van der Waals surface area contributed by atoms with Gasteiger partial charge in [0.05, 0.1) is 6.04 Å². The molecule has 0 bridgehead atoms. The third-order valence-electron chi connectivity index (χ3n) is 8.05. The Bertz CT molecular complexity index is 1570. The third kappa shape index (κ3) is 5.85. The highest BCUT2D eigenvalue weighted by Crippen LogP contribution is 2.36. The Morgan fingerprint density at radius 2 is 1.93 bits per heavy atom. The van der Waals surface area contributed by atoms with Crippen molar-refractivity contribution < 1.29 is 14.0 Å². The van der Waals surface area contributed by atoms with Crippen molar-refractivity contribution in [1.82, 2.24) is 30.3 Å². The summed E-state index contributed by atoms with van der Waals surface area (Å²) in [5, 5.41) is 6.85. The Morgan fingerprint density at radius 3 is 2.63 bits per heavy atom. The van der Waals surface area contributed by atoms with E-state index in [1.54, 1.807) is 12.1 Å². The molecule has 1 saturated heterocycles. The first kappa shape index (κ1) is 27.4. The zero-order chi connectivity index (χ0) is 28.5. The number of amides is 1. The largest absolute Gasteiger partial charge is 0.427 e. The molecule has 1 amide bonds. The van der Waals surface area contributed by atoms with Gasteiger partial charge in [-0.25, -0.2) is 19.2 Å². The van der Waals surface area contributed by atoms with Crippen LogP contribution in [0, 0.1) is 17.7 Å². The van der Waals surface area contributed by atoms with E-state index in [1.807, 2.05) is 30.3 Å². The Labute approximate surface area is 242 Å². The number of carbonyl (C=O) groups is 1. The number of hydrogen-bond acceptors (Lipinski definition) is 7. The van der Waals surface area contributed by atoms with Gasteiger partial charge in [-0.15, -0.1) is 5.48 Å². The van der Waals surface area contributed by atoms with Crippen molar-refractivity contribution in [1.29, 1.82) is 0 Å². The van der Waals surface area contributed by atoms with Crippen LogP contribution in [0.2, 0.25) is 5.02 Å². The van der Waals surface area contributed by atoms with Gasteiger partial charge in [-0.1, -0.05) is 62.6 Å². The van der Waals surface area contributed by atoms with Crippen LogP contribution in [-0.2, 0) is 11.4 Å². The van der Waals surface area contributed by atoms with Gasteiger partial charge >= 0.3 is 6.09 Å². The van der Waals surface area contributed by atoms with E-state index >= 15 is 0 Å². The first-order valence-electron chi connectivity index (χ1n) is 14.2. The molecule has 41 heavy (non-hydrogen) atoms. The van der Waals surface area contributed by atoms with E-state index in [1.165, 1.54) is 18.9 Å². The molecular formula is C30H33ClFN7O2. The molecule has 2 fully saturated rings. The molecule has 2 aromatic carbocycles. The minimum absolute atomic E-state index is 0.168. The summed E-state index contributed by atoms with van der Waals surface area (Å²) in [4.78, 5) is 31.3. The summed E-state index contributed by atoms with van der Waals surface area (Å²) in [7, 11) is 0. The zero-order valence-corrected chi connectivity index (χ0v) is 23.8. The molecule has 3 heterocycles. The Balaban J connectivity index is 1.51. The van der Waals surface area contributed by atoms with Gasteiger partial charge < -0.3 is 14.7 Å². The molecule has 4 aromatic rings. The molecule has 9 nitrogen and oxygen atoms in total. The van der Waals surface area contributed by atoms with Crippen molar-refractivity contribution >= 4 is 34.8 Å². The summed E-state index contributed by atoms with van der Waals surface area (Å²) < 4.78 is 16.3. The molecular weight excluding hydrogens is 545 g/mol.